The third kappa shape index (κ3) is 3.54. The first-order chi connectivity index (χ1) is 15.5. The summed E-state index contributed by atoms with van der Waals surface area (Å²) < 4.78 is 3.09. The standard InChI is InChI=1S/C29H32N2O/c1-30-19-11-12-23(22-30)28-17-7-9-20-31(28,2)21-10-8-18-29(32)26-15-5-3-13-24(26)25-14-4-6-16-27(25)29/h3-6,11-16,19,22,28,32H,7,9,17-18,20-21H2,1-2H3/q+2/t28-,31+/m1/s1. The van der Waals surface area contributed by atoms with E-state index in [0.717, 1.165) is 39.8 Å². The van der Waals surface area contributed by atoms with Crippen molar-refractivity contribution in [2.75, 3.05) is 20.1 Å². The van der Waals surface area contributed by atoms with Gasteiger partial charge in [-0.25, -0.2) is 4.57 Å². The molecule has 2 atom stereocenters. The Hall–Kier alpha value is -2.93. The fraction of sp³-hybridized carbons (Fsp3) is 0.345. The van der Waals surface area contributed by atoms with Gasteiger partial charge in [0.15, 0.2) is 12.4 Å². The van der Waals surface area contributed by atoms with E-state index in [9.17, 15) is 5.11 Å². The zero-order chi connectivity index (χ0) is 22.2. The first-order valence-corrected chi connectivity index (χ1v) is 11.7. The largest absolute Gasteiger partial charge is 0.379 e. The van der Waals surface area contributed by atoms with Gasteiger partial charge in [0.05, 0.1) is 19.2 Å². The lowest BCUT2D eigenvalue weighted by atomic mass is 9.88. The Labute approximate surface area is 191 Å². The molecule has 1 N–H and O–H groups in total. The number of pyridine rings is 1. The van der Waals surface area contributed by atoms with Gasteiger partial charge in [0.2, 0.25) is 0 Å². The first kappa shape index (κ1) is 20.9. The summed E-state index contributed by atoms with van der Waals surface area (Å²) in [6, 6.07) is 21.3. The molecule has 2 heterocycles. The van der Waals surface area contributed by atoms with E-state index in [1.807, 2.05) is 36.4 Å². The number of benzene rings is 2. The third-order valence-corrected chi connectivity index (χ3v) is 7.44. The Morgan fingerprint density at radius 2 is 1.66 bits per heavy atom. The number of hydrogen-bond acceptors (Lipinski definition) is 1. The predicted molar refractivity (Wildman–Crippen MR) is 127 cm³/mol. The molecule has 0 saturated carbocycles. The van der Waals surface area contributed by atoms with Crippen LogP contribution in [0.15, 0.2) is 73.1 Å². The van der Waals surface area contributed by atoms with Crippen LogP contribution in [0.1, 0.15) is 48.4 Å². The fourth-order valence-corrected chi connectivity index (χ4v) is 5.72. The van der Waals surface area contributed by atoms with Gasteiger partial charge >= 0.3 is 0 Å². The van der Waals surface area contributed by atoms with Gasteiger partial charge in [0.1, 0.15) is 25.2 Å². The summed E-state index contributed by atoms with van der Waals surface area (Å²) in [5.41, 5.74) is 4.56. The number of nitrogens with zero attached hydrogens (tertiary/aromatic N) is 2. The second kappa shape index (κ2) is 8.20. The number of piperidine rings is 1. The molecule has 0 amide bonds. The lowest BCUT2D eigenvalue weighted by molar-refractivity contribution is -0.938. The maximum absolute atomic E-state index is 11.7. The molecule has 162 valence electrons. The highest BCUT2D eigenvalue weighted by Gasteiger charge is 2.41. The highest BCUT2D eigenvalue weighted by atomic mass is 16.3. The third-order valence-electron chi connectivity index (χ3n) is 7.44. The smallest absolute Gasteiger partial charge is 0.177 e. The molecular formula is C29H32N2O+2. The minimum Gasteiger partial charge on any atom is -0.379 e. The molecule has 1 aliphatic carbocycles. The number of rotatable bonds is 3. The molecule has 0 radical (unpaired) electrons. The second-order valence-electron chi connectivity index (χ2n) is 9.66. The van der Waals surface area contributed by atoms with Gasteiger partial charge in [-0.3, -0.25) is 0 Å². The van der Waals surface area contributed by atoms with E-state index < -0.39 is 5.60 Å². The van der Waals surface area contributed by atoms with E-state index in [1.54, 1.807) is 0 Å². The first-order valence-electron chi connectivity index (χ1n) is 11.7. The van der Waals surface area contributed by atoms with E-state index in [4.69, 9.17) is 0 Å². The summed E-state index contributed by atoms with van der Waals surface area (Å²) in [4.78, 5) is 0. The molecular weight excluding hydrogens is 392 g/mol. The molecule has 1 aromatic heterocycles. The summed E-state index contributed by atoms with van der Waals surface area (Å²) in [5.74, 6) is 6.86. The van der Waals surface area contributed by atoms with Crippen LogP contribution in [-0.4, -0.2) is 29.7 Å². The van der Waals surface area contributed by atoms with Crippen LogP contribution in [0.4, 0.5) is 0 Å². The number of aromatic nitrogens is 1. The van der Waals surface area contributed by atoms with Crippen LogP contribution in [0.2, 0.25) is 0 Å². The maximum Gasteiger partial charge on any atom is 0.177 e. The zero-order valence-electron chi connectivity index (χ0n) is 19.1. The minimum absolute atomic E-state index is 0.423. The quantitative estimate of drug-likeness (QED) is 0.374. The lowest BCUT2D eigenvalue weighted by Crippen LogP contribution is -2.50. The molecule has 0 unspecified atom stereocenters. The van der Waals surface area contributed by atoms with E-state index in [2.05, 4.69) is 67.2 Å². The van der Waals surface area contributed by atoms with Gasteiger partial charge in [-0.2, -0.15) is 0 Å². The topological polar surface area (TPSA) is 24.1 Å². The van der Waals surface area contributed by atoms with Crippen LogP contribution < -0.4 is 4.57 Å². The molecule has 1 saturated heterocycles. The van der Waals surface area contributed by atoms with Gasteiger partial charge in [-0.15, -0.1) is 0 Å². The average Bonchev–Trinajstić information content (AvgIpc) is 3.06. The molecule has 3 heteroatoms. The SMILES string of the molecule is C[n+]1cccc([C@H]2CCCC[N@@+]2(C)CC#CCC2(O)c3ccccc3-c3ccccc32)c1. The Morgan fingerprint density at radius 1 is 0.969 bits per heavy atom. The van der Waals surface area contributed by atoms with Crippen molar-refractivity contribution in [3.63, 3.8) is 0 Å². The Morgan fingerprint density at radius 3 is 2.34 bits per heavy atom. The zero-order valence-corrected chi connectivity index (χ0v) is 19.1. The van der Waals surface area contributed by atoms with E-state index in [0.29, 0.717) is 12.5 Å². The molecule has 32 heavy (non-hydrogen) atoms. The van der Waals surface area contributed by atoms with Crippen molar-refractivity contribution in [3.05, 3.63) is 89.7 Å². The predicted octanol–water partition coefficient (Wildman–Crippen LogP) is 4.49. The Bertz CT molecular complexity index is 1160. The van der Waals surface area contributed by atoms with Gasteiger partial charge in [-0.1, -0.05) is 54.5 Å². The normalized spacial score (nSPS) is 23.0. The van der Waals surface area contributed by atoms with Gasteiger partial charge in [0, 0.05) is 18.9 Å². The molecule has 1 aliphatic heterocycles. The van der Waals surface area contributed by atoms with Crippen molar-refractivity contribution >= 4 is 0 Å². The number of aliphatic hydroxyl groups is 1. The number of aryl methyl sites for hydroxylation is 1. The molecule has 0 spiro atoms. The number of hydrogen-bond donors (Lipinski definition) is 1. The van der Waals surface area contributed by atoms with Crippen molar-refractivity contribution in [2.45, 2.75) is 37.3 Å². The molecule has 3 aromatic rings. The average molecular weight is 425 g/mol. The maximum atomic E-state index is 11.7. The summed E-state index contributed by atoms with van der Waals surface area (Å²) in [6.07, 6.45) is 8.50. The van der Waals surface area contributed by atoms with E-state index in [-0.39, 0.29) is 0 Å². The number of likely N-dealkylation sites (tertiary alicyclic amines) is 1. The lowest BCUT2D eigenvalue weighted by Gasteiger charge is -2.43. The Balaban J connectivity index is 1.40. The van der Waals surface area contributed by atoms with Crippen LogP contribution in [0, 0.1) is 11.8 Å². The van der Waals surface area contributed by atoms with Crippen molar-refractivity contribution < 1.29 is 14.2 Å². The van der Waals surface area contributed by atoms with E-state index >= 15 is 0 Å². The van der Waals surface area contributed by atoms with Crippen LogP contribution in [0.3, 0.4) is 0 Å². The summed E-state index contributed by atoms with van der Waals surface area (Å²) in [6.45, 7) is 1.95. The van der Waals surface area contributed by atoms with Crippen LogP contribution >= 0.6 is 0 Å². The van der Waals surface area contributed by atoms with Crippen molar-refractivity contribution in [3.8, 4) is 23.0 Å². The Kier molecular flexibility index (Phi) is 5.37. The van der Waals surface area contributed by atoms with Crippen molar-refractivity contribution in [1.29, 1.82) is 0 Å². The molecule has 3 nitrogen and oxygen atoms in total. The molecule has 2 aliphatic rings. The minimum atomic E-state index is -1.03. The highest BCUT2D eigenvalue weighted by Crippen LogP contribution is 2.48. The second-order valence-corrected chi connectivity index (χ2v) is 9.66. The molecule has 2 aromatic carbocycles. The van der Waals surface area contributed by atoms with Gasteiger partial charge < -0.3 is 9.59 Å². The summed E-state index contributed by atoms with van der Waals surface area (Å²) in [5, 5.41) is 11.7. The van der Waals surface area contributed by atoms with Crippen LogP contribution in [-0.2, 0) is 12.6 Å². The summed E-state index contributed by atoms with van der Waals surface area (Å²) >= 11 is 0. The number of fused-ring (bicyclic) bond motifs is 3. The number of quaternary nitrogens is 1. The van der Waals surface area contributed by atoms with Crippen LogP contribution in [0.5, 0.6) is 0 Å². The monoisotopic (exact) mass is 424 g/mol. The van der Waals surface area contributed by atoms with Gasteiger partial charge in [0.25, 0.3) is 0 Å². The highest BCUT2D eigenvalue weighted by molar-refractivity contribution is 5.80. The molecule has 0 bridgehead atoms. The fourth-order valence-electron chi connectivity index (χ4n) is 5.72. The van der Waals surface area contributed by atoms with Crippen molar-refractivity contribution in [1.82, 2.24) is 0 Å². The van der Waals surface area contributed by atoms with E-state index in [1.165, 1.54) is 24.8 Å². The molecule has 1 fully saturated rings. The van der Waals surface area contributed by atoms with Crippen LogP contribution in [0.25, 0.3) is 11.1 Å². The van der Waals surface area contributed by atoms with Crippen molar-refractivity contribution in [2.24, 2.45) is 7.05 Å². The molecule has 5 rings (SSSR count). The van der Waals surface area contributed by atoms with Gasteiger partial charge in [-0.05, 0) is 47.1 Å². The summed E-state index contributed by atoms with van der Waals surface area (Å²) in [7, 11) is 4.44.